The zero-order valence-corrected chi connectivity index (χ0v) is 17.1. The second-order valence-corrected chi connectivity index (χ2v) is 8.89. The first-order chi connectivity index (χ1) is 14.0. The topological polar surface area (TPSA) is 66.5 Å². The van der Waals surface area contributed by atoms with Gasteiger partial charge in [-0.15, -0.1) is 0 Å². The lowest BCUT2D eigenvalue weighted by molar-refractivity contribution is 0.0985. The van der Waals surface area contributed by atoms with Gasteiger partial charge in [-0.2, -0.15) is 0 Å². The molecule has 0 bridgehead atoms. The van der Waals surface area contributed by atoms with Crippen LogP contribution >= 0.6 is 11.6 Å². The molecule has 0 saturated heterocycles. The molecule has 148 valence electrons. The third kappa shape index (κ3) is 3.99. The number of rotatable bonds is 4. The van der Waals surface area contributed by atoms with E-state index in [1.54, 1.807) is 35.2 Å². The molecule has 1 heterocycles. The van der Waals surface area contributed by atoms with Crippen molar-refractivity contribution in [2.75, 3.05) is 16.2 Å². The number of para-hydroxylation sites is 1. The Morgan fingerprint density at radius 2 is 1.69 bits per heavy atom. The maximum atomic E-state index is 13.1. The number of benzene rings is 3. The van der Waals surface area contributed by atoms with Crippen LogP contribution in [0.15, 0.2) is 77.7 Å². The molecule has 0 radical (unpaired) electrons. The van der Waals surface area contributed by atoms with E-state index in [1.165, 1.54) is 18.2 Å². The minimum absolute atomic E-state index is 0.154. The van der Waals surface area contributed by atoms with Crippen LogP contribution in [0.1, 0.15) is 22.3 Å². The quantitative estimate of drug-likeness (QED) is 0.655. The van der Waals surface area contributed by atoms with Crippen molar-refractivity contribution < 1.29 is 13.2 Å². The zero-order valence-electron chi connectivity index (χ0n) is 15.5. The number of carbonyl (C=O) groups excluding carboxylic acids is 1. The van der Waals surface area contributed by atoms with Crippen molar-refractivity contribution in [3.05, 3.63) is 88.9 Å². The standard InChI is InChI=1S/C22H19ClN2O3S/c23-20-15-17(24-29(27,28)18-9-2-1-3-10-18)12-13-19(20)22(26)25-14-6-8-16-7-4-5-11-21(16)25/h1-5,7,9-13,15,24H,6,8,14H2. The van der Waals surface area contributed by atoms with E-state index < -0.39 is 10.0 Å². The van der Waals surface area contributed by atoms with Crippen LogP contribution < -0.4 is 9.62 Å². The summed E-state index contributed by atoms with van der Waals surface area (Å²) in [6.07, 6.45) is 1.82. The van der Waals surface area contributed by atoms with Crippen LogP contribution in [0.5, 0.6) is 0 Å². The lowest BCUT2D eigenvalue weighted by atomic mass is 10.0. The van der Waals surface area contributed by atoms with E-state index in [0.29, 0.717) is 17.8 Å². The summed E-state index contributed by atoms with van der Waals surface area (Å²) in [6.45, 7) is 0.620. The average Bonchev–Trinajstić information content (AvgIpc) is 2.73. The van der Waals surface area contributed by atoms with E-state index in [-0.39, 0.29) is 15.8 Å². The Morgan fingerprint density at radius 1 is 0.966 bits per heavy atom. The Morgan fingerprint density at radius 3 is 2.45 bits per heavy atom. The first-order valence-electron chi connectivity index (χ1n) is 9.23. The normalized spacial score (nSPS) is 13.6. The molecule has 5 nitrogen and oxygen atoms in total. The molecule has 1 N–H and O–H groups in total. The number of halogens is 1. The van der Waals surface area contributed by atoms with Gasteiger partial charge >= 0.3 is 0 Å². The fourth-order valence-electron chi connectivity index (χ4n) is 3.46. The van der Waals surface area contributed by atoms with Crippen molar-refractivity contribution in [1.29, 1.82) is 0 Å². The van der Waals surface area contributed by atoms with E-state index in [1.807, 2.05) is 24.3 Å². The summed E-state index contributed by atoms with van der Waals surface area (Å²) in [7, 11) is -3.73. The molecule has 3 aromatic rings. The zero-order chi connectivity index (χ0) is 20.4. The Bertz CT molecular complexity index is 1160. The Kier molecular flexibility index (Phi) is 5.30. The van der Waals surface area contributed by atoms with Crippen LogP contribution in [0.4, 0.5) is 11.4 Å². The number of sulfonamides is 1. The lowest BCUT2D eigenvalue weighted by Gasteiger charge is -2.29. The van der Waals surface area contributed by atoms with Gasteiger partial charge in [-0.25, -0.2) is 8.42 Å². The predicted molar refractivity (Wildman–Crippen MR) is 115 cm³/mol. The van der Waals surface area contributed by atoms with Crippen LogP contribution in [0.25, 0.3) is 0 Å². The lowest BCUT2D eigenvalue weighted by Crippen LogP contribution is -2.35. The molecular weight excluding hydrogens is 408 g/mol. The van der Waals surface area contributed by atoms with Gasteiger partial charge in [0.15, 0.2) is 0 Å². The van der Waals surface area contributed by atoms with Gasteiger partial charge in [0.25, 0.3) is 15.9 Å². The number of amides is 1. The molecular formula is C22H19ClN2O3S. The summed E-state index contributed by atoms with van der Waals surface area (Å²) in [5.74, 6) is -0.195. The van der Waals surface area contributed by atoms with Crippen LogP contribution in [0.3, 0.4) is 0 Å². The van der Waals surface area contributed by atoms with Crippen molar-refractivity contribution in [2.45, 2.75) is 17.7 Å². The number of fused-ring (bicyclic) bond motifs is 1. The van der Waals surface area contributed by atoms with E-state index in [0.717, 1.165) is 24.1 Å². The van der Waals surface area contributed by atoms with Gasteiger partial charge in [-0.3, -0.25) is 9.52 Å². The molecule has 29 heavy (non-hydrogen) atoms. The molecule has 0 aromatic heterocycles. The number of carbonyl (C=O) groups is 1. The first kappa shape index (κ1) is 19.5. The molecule has 1 aliphatic rings. The molecule has 3 aromatic carbocycles. The molecule has 0 spiro atoms. The molecule has 0 aliphatic carbocycles. The molecule has 1 amide bonds. The van der Waals surface area contributed by atoms with Crippen LogP contribution in [0, 0.1) is 0 Å². The number of anilines is 2. The van der Waals surface area contributed by atoms with Gasteiger partial charge < -0.3 is 4.90 Å². The van der Waals surface area contributed by atoms with E-state index in [9.17, 15) is 13.2 Å². The second-order valence-electron chi connectivity index (χ2n) is 6.80. The van der Waals surface area contributed by atoms with Crippen LogP contribution in [-0.2, 0) is 16.4 Å². The van der Waals surface area contributed by atoms with Gasteiger partial charge in [0.2, 0.25) is 0 Å². The predicted octanol–water partition coefficient (Wildman–Crippen LogP) is 4.73. The highest BCUT2D eigenvalue weighted by Gasteiger charge is 2.25. The largest absolute Gasteiger partial charge is 0.308 e. The number of aryl methyl sites for hydroxylation is 1. The van der Waals surface area contributed by atoms with Crippen molar-refractivity contribution in [2.24, 2.45) is 0 Å². The summed E-state index contributed by atoms with van der Waals surface area (Å²) >= 11 is 6.36. The van der Waals surface area contributed by atoms with Gasteiger partial charge in [0.05, 0.1) is 21.2 Å². The monoisotopic (exact) mass is 426 g/mol. The Hall–Kier alpha value is -2.83. The fraction of sp³-hybridized carbons (Fsp3) is 0.136. The van der Waals surface area contributed by atoms with Crippen LogP contribution in [0.2, 0.25) is 5.02 Å². The van der Waals surface area contributed by atoms with Crippen molar-refractivity contribution >= 4 is 38.9 Å². The third-order valence-corrected chi connectivity index (χ3v) is 6.57. The molecule has 0 unspecified atom stereocenters. The summed E-state index contributed by atoms with van der Waals surface area (Å²) in [6, 6.07) is 20.5. The molecule has 0 atom stereocenters. The van der Waals surface area contributed by atoms with E-state index in [2.05, 4.69) is 4.72 Å². The summed E-state index contributed by atoms with van der Waals surface area (Å²) in [5.41, 5.74) is 2.67. The summed E-state index contributed by atoms with van der Waals surface area (Å²) < 4.78 is 27.5. The highest BCUT2D eigenvalue weighted by Crippen LogP contribution is 2.31. The smallest absolute Gasteiger partial charge is 0.261 e. The highest BCUT2D eigenvalue weighted by molar-refractivity contribution is 7.92. The maximum absolute atomic E-state index is 13.1. The number of hydrogen-bond acceptors (Lipinski definition) is 3. The van der Waals surface area contributed by atoms with E-state index >= 15 is 0 Å². The summed E-state index contributed by atoms with van der Waals surface area (Å²) in [4.78, 5) is 15.0. The van der Waals surface area contributed by atoms with Crippen molar-refractivity contribution in [3.8, 4) is 0 Å². The molecule has 7 heteroatoms. The van der Waals surface area contributed by atoms with Gasteiger partial charge in [0.1, 0.15) is 0 Å². The highest BCUT2D eigenvalue weighted by atomic mass is 35.5. The third-order valence-electron chi connectivity index (χ3n) is 4.86. The van der Waals surface area contributed by atoms with Crippen molar-refractivity contribution in [3.63, 3.8) is 0 Å². The van der Waals surface area contributed by atoms with Gasteiger partial charge in [-0.05, 0) is 54.8 Å². The molecule has 0 fully saturated rings. The Balaban J connectivity index is 1.59. The average molecular weight is 427 g/mol. The van der Waals surface area contributed by atoms with Crippen molar-refractivity contribution in [1.82, 2.24) is 0 Å². The number of hydrogen-bond donors (Lipinski definition) is 1. The fourth-order valence-corrected chi connectivity index (χ4v) is 4.79. The molecule has 4 rings (SSSR count). The second kappa shape index (κ2) is 7.89. The minimum atomic E-state index is -3.73. The molecule has 1 aliphatic heterocycles. The number of nitrogens with zero attached hydrogens (tertiary/aromatic N) is 1. The maximum Gasteiger partial charge on any atom is 0.261 e. The van der Waals surface area contributed by atoms with E-state index in [4.69, 9.17) is 11.6 Å². The minimum Gasteiger partial charge on any atom is -0.308 e. The Labute approximate surface area is 175 Å². The van der Waals surface area contributed by atoms with Crippen LogP contribution in [-0.4, -0.2) is 20.9 Å². The first-order valence-corrected chi connectivity index (χ1v) is 11.1. The molecule has 0 saturated carbocycles. The van der Waals surface area contributed by atoms with Gasteiger partial charge in [-0.1, -0.05) is 48.0 Å². The van der Waals surface area contributed by atoms with Gasteiger partial charge in [0, 0.05) is 12.2 Å². The number of nitrogens with one attached hydrogen (secondary N) is 1. The summed E-state index contributed by atoms with van der Waals surface area (Å²) in [5, 5.41) is 0.200. The SMILES string of the molecule is O=C(c1ccc(NS(=O)(=O)c2ccccc2)cc1Cl)N1CCCc2ccccc21.